The molecule has 1 aromatic heterocycles. The molecule has 1 aliphatic carbocycles. The summed E-state index contributed by atoms with van der Waals surface area (Å²) in [4.78, 5) is 12.0. The molecule has 1 fully saturated rings. The van der Waals surface area contributed by atoms with Crippen molar-refractivity contribution in [3.8, 4) is 0 Å². The molecule has 1 aromatic carbocycles. The molecule has 1 amide bonds. The molecule has 0 aliphatic heterocycles. The zero-order valence-corrected chi connectivity index (χ0v) is 13.2. The Labute approximate surface area is 131 Å². The smallest absolute Gasteiger partial charge is 0.248 e. The first-order chi connectivity index (χ1) is 10.5. The van der Waals surface area contributed by atoms with Crippen molar-refractivity contribution in [2.24, 2.45) is 5.92 Å². The maximum Gasteiger partial charge on any atom is 0.248 e. The zero-order chi connectivity index (χ0) is 15.7. The van der Waals surface area contributed by atoms with Gasteiger partial charge in [-0.1, -0.05) is 24.6 Å². The van der Waals surface area contributed by atoms with Gasteiger partial charge in [0, 0.05) is 17.7 Å². The summed E-state index contributed by atoms with van der Waals surface area (Å²) < 4.78 is 5.75. The van der Waals surface area contributed by atoms with Gasteiger partial charge in [0.2, 0.25) is 5.91 Å². The summed E-state index contributed by atoms with van der Waals surface area (Å²) >= 11 is 0. The number of benzene rings is 1. The predicted octanol–water partition coefficient (Wildman–Crippen LogP) is 4.67. The highest BCUT2D eigenvalue weighted by atomic mass is 16.3. The standard InChI is InChI=1S/C19H21NO2/c1-12-4-7-17(14(3)10-12)20-19(21)9-6-15-5-8-18(22-15)16-11-13(16)2/h4-10,13,16H,11H2,1-3H3,(H,20,21)/b9-6+. The van der Waals surface area contributed by atoms with Crippen LogP contribution in [0.5, 0.6) is 0 Å². The van der Waals surface area contributed by atoms with Gasteiger partial charge in [0.15, 0.2) is 0 Å². The second-order valence-electron chi connectivity index (χ2n) is 6.20. The van der Waals surface area contributed by atoms with Crippen LogP contribution in [0, 0.1) is 19.8 Å². The summed E-state index contributed by atoms with van der Waals surface area (Å²) in [6.45, 7) is 6.25. The number of rotatable bonds is 4. The Morgan fingerprint density at radius 1 is 1.27 bits per heavy atom. The Kier molecular flexibility index (Phi) is 3.88. The van der Waals surface area contributed by atoms with Crippen LogP contribution in [0.4, 0.5) is 5.69 Å². The molecule has 114 valence electrons. The quantitative estimate of drug-likeness (QED) is 0.833. The van der Waals surface area contributed by atoms with E-state index in [9.17, 15) is 4.79 Å². The third kappa shape index (κ3) is 3.30. The molecule has 0 radical (unpaired) electrons. The number of anilines is 1. The van der Waals surface area contributed by atoms with Gasteiger partial charge in [0.1, 0.15) is 11.5 Å². The molecule has 0 bridgehead atoms. The van der Waals surface area contributed by atoms with Crippen molar-refractivity contribution in [1.82, 2.24) is 0 Å². The first-order valence-corrected chi connectivity index (χ1v) is 7.69. The predicted molar refractivity (Wildman–Crippen MR) is 88.8 cm³/mol. The van der Waals surface area contributed by atoms with Gasteiger partial charge in [0.05, 0.1) is 0 Å². The molecule has 1 heterocycles. The lowest BCUT2D eigenvalue weighted by Crippen LogP contribution is -2.08. The molecular formula is C19H21NO2. The number of nitrogens with one attached hydrogen (secondary N) is 1. The molecule has 1 aliphatic rings. The number of aryl methyl sites for hydroxylation is 2. The lowest BCUT2D eigenvalue weighted by molar-refractivity contribution is -0.111. The average Bonchev–Trinajstić information content (AvgIpc) is 3.01. The van der Waals surface area contributed by atoms with Gasteiger partial charge in [-0.25, -0.2) is 0 Å². The second kappa shape index (κ2) is 5.84. The summed E-state index contributed by atoms with van der Waals surface area (Å²) in [7, 11) is 0. The Balaban J connectivity index is 1.62. The highest BCUT2D eigenvalue weighted by molar-refractivity contribution is 6.02. The van der Waals surface area contributed by atoms with Crippen LogP contribution in [0.3, 0.4) is 0 Å². The van der Waals surface area contributed by atoms with Crippen molar-refractivity contribution in [3.05, 3.63) is 59.1 Å². The molecule has 3 rings (SSSR count). The van der Waals surface area contributed by atoms with E-state index in [1.165, 1.54) is 18.1 Å². The molecule has 3 heteroatoms. The average molecular weight is 295 g/mol. The number of carbonyl (C=O) groups is 1. The molecule has 1 saturated carbocycles. The van der Waals surface area contributed by atoms with E-state index in [4.69, 9.17) is 4.42 Å². The van der Waals surface area contributed by atoms with Gasteiger partial charge in [0.25, 0.3) is 0 Å². The van der Waals surface area contributed by atoms with E-state index in [-0.39, 0.29) is 5.91 Å². The maximum atomic E-state index is 12.0. The van der Waals surface area contributed by atoms with Crippen molar-refractivity contribution in [1.29, 1.82) is 0 Å². The number of furan rings is 1. The van der Waals surface area contributed by atoms with Gasteiger partial charge in [-0.2, -0.15) is 0 Å². The number of hydrogen-bond donors (Lipinski definition) is 1. The first kappa shape index (κ1) is 14.6. The molecule has 2 aromatic rings. The molecule has 3 nitrogen and oxygen atoms in total. The van der Waals surface area contributed by atoms with Crippen LogP contribution in [-0.4, -0.2) is 5.91 Å². The number of carbonyl (C=O) groups excluding carboxylic acids is 1. The molecular weight excluding hydrogens is 274 g/mol. The Hall–Kier alpha value is -2.29. The van der Waals surface area contributed by atoms with Crippen molar-refractivity contribution < 1.29 is 9.21 Å². The Morgan fingerprint density at radius 2 is 2.05 bits per heavy atom. The SMILES string of the molecule is Cc1ccc(NC(=O)/C=C/c2ccc(C3CC3C)o2)c(C)c1. The van der Waals surface area contributed by atoms with Crippen LogP contribution >= 0.6 is 0 Å². The fourth-order valence-electron chi connectivity index (χ4n) is 2.66. The molecule has 1 N–H and O–H groups in total. The van der Waals surface area contributed by atoms with Crippen LogP contribution in [-0.2, 0) is 4.79 Å². The van der Waals surface area contributed by atoms with Crippen LogP contribution in [0.2, 0.25) is 0 Å². The summed E-state index contributed by atoms with van der Waals surface area (Å²) in [5.74, 6) is 2.89. The summed E-state index contributed by atoms with van der Waals surface area (Å²) in [5, 5.41) is 2.89. The minimum absolute atomic E-state index is 0.148. The molecule has 22 heavy (non-hydrogen) atoms. The minimum Gasteiger partial charge on any atom is -0.461 e. The molecule has 2 unspecified atom stereocenters. The van der Waals surface area contributed by atoms with E-state index in [0.29, 0.717) is 5.92 Å². The largest absolute Gasteiger partial charge is 0.461 e. The first-order valence-electron chi connectivity index (χ1n) is 7.69. The highest BCUT2D eigenvalue weighted by Crippen LogP contribution is 2.47. The third-order valence-corrected chi connectivity index (χ3v) is 4.16. The topological polar surface area (TPSA) is 42.2 Å². The molecule has 0 spiro atoms. The Bertz CT molecular complexity index is 727. The molecule has 2 atom stereocenters. The van der Waals surface area contributed by atoms with E-state index in [0.717, 1.165) is 28.7 Å². The van der Waals surface area contributed by atoms with Gasteiger partial charge < -0.3 is 9.73 Å². The number of hydrogen-bond acceptors (Lipinski definition) is 2. The van der Waals surface area contributed by atoms with Crippen LogP contribution in [0.1, 0.15) is 41.9 Å². The molecule has 0 saturated heterocycles. The Morgan fingerprint density at radius 3 is 2.73 bits per heavy atom. The van der Waals surface area contributed by atoms with E-state index >= 15 is 0 Å². The van der Waals surface area contributed by atoms with Crippen molar-refractivity contribution in [2.45, 2.75) is 33.1 Å². The van der Waals surface area contributed by atoms with Crippen molar-refractivity contribution in [3.63, 3.8) is 0 Å². The van der Waals surface area contributed by atoms with Gasteiger partial charge in [-0.3, -0.25) is 4.79 Å². The minimum atomic E-state index is -0.148. The lowest BCUT2D eigenvalue weighted by atomic mass is 10.1. The second-order valence-corrected chi connectivity index (χ2v) is 6.20. The van der Waals surface area contributed by atoms with Crippen molar-refractivity contribution in [2.75, 3.05) is 5.32 Å². The van der Waals surface area contributed by atoms with Crippen LogP contribution < -0.4 is 5.32 Å². The van der Waals surface area contributed by atoms with Gasteiger partial charge in [-0.05, 0) is 56.0 Å². The van der Waals surface area contributed by atoms with Crippen molar-refractivity contribution >= 4 is 17.7 Å². The fraction of sp³-hybridized carbons (Fsp3) is 0.316. The maximum absolute atomic E-state index is 12.0. The highest BCUT2D eigenvalue weighted by Gasteiger charge is 2.36. The normalized spacial score (nSPS) is 20.3. The van der Waals surface area contributed by atoms with E-state index < -0.39 is 0 Å². The van der Waals surface area contributed by atoms with E-state index in [2.05, 4.69) is 18.3 Å². The summed E-state index contributed by atoms with van der Waals surface area (Å²) in [6, 6.07) is 9.89. The van der Waals surface area contributed by atoms with E-state index in [1.54, 1.807) is 6.08 Å². The number of amides is 1. The van der Waals surface area contributed by atoms with Gasteiger partial charge in [-0.15, -0.1) is 0 Å². The fourth-order valence-corrected chi connectivity index (χ4v) is 2.66. The van der Waals surface area contributed by atoms with Gasteiger partial charge >= 0.3 is 0 Å². The van der Waals surface area contributed by atoms with Crippen LogP contribution in [0.25, 0.3) is 6.08 Å². The van der Waals surface area contributed by atoms with Crippen LogP contribution in [0.15, 0.2) is 40.8 Å². The monoisotopic (exact) mass is 295 g/mol. The summed E-state index contributed by atoms with van der Waals surface area (Å²) in [5.41, 5.74) is 3.08. The van der Waals surface area contributed by atoms with E-state index in [1.807, 2.05) is 38.1 Å². The summed E-state index contributed by atoms with van der Waals surface area (Å²) in [6.07, 6.45) is 4.43. The lowest BCUT2D eigenvalue weighted by Gasteiger charge is -2.06. The zero-order valence-electron chi connectivity index (χ0n) is 13.2. The third-order valence-electron chi connectivity index (χ3n) is 4.16.